The number of carbonyl (C=O) groups excluding carboxylic acids is 1. The molecule has 0 spiro atoms. The molecule has 0 aliphatic rings. The highest BCUT2D eigenvalue weighted by Crippen LogP contribution is 2.18. The molecule has 3 aromatic heterocycles. The molecule has 0 N–H and O–H groups in total. The predicted molar refractivity (Wildman–Crippen MR) is 111 cm³/mol. The van der Waals surface area contributed by atoms with Gasteiger partial charge in [-0.05, 0) is 64.8 Å². The number of fused-ring (bicyclic) bond motifs is 1. The van der Waals surface area contributed by atoms with E-state index in [4.69, 9.17) is 9.47 Å². The highest BCUT2D eigenvalue weighted by atomic mass is 16.5. The lowest BCUT2D eigenvalue weighted by molar-refractivity contribution is -0.0172. The number of aromatic nitrogens is 4. The van der Waals surface area contributed by atoms with Gasteiger partial charge in [-0.1, -0.05) is 0 Å². The van der Waals surface area contributed by atoms with Crippen LogP contribution in [0.15, 0.2) is 30.6 Å². The molecule has 0 aliphatic carbocycles. The standard InChI is InChI=1S/C22H28N4O3/c1-6-28-21(27)18-13-26(25-19(18)14-29-22(3,4)5)11-9-16-12-17-8-7-10-23-20(17)24-15(16)2/h7-8,10,12-13H,6,9,11,14H2,1-5H3. The van der Waals surface area contributed by atoms with Crippen molar-refractivity contribution in [1.82, 2.24) is 19.7 Å². The summed E-state index contributed by atoms with van der Waals surface area (Å²) in [6, 6.07) is 6.03. The van der Waals surface area contributed by atoms with E-state index in [2.05, 4.69) is 21.1 Å². The Hall–Kier alpha value is -2.80. The normalized spacial score (nSPS) is 11.8. The van der Waals surface area contributed by atoms with Gasteiger partial charge in [-0.25, -0.2) is 14.8 Å². The van der Waals surface area contributed by atoms with Gasteiger partial charge in [-0.2, -0.15) is 5.10 Å². The van der Waals surface area contributed by atoms with E-state index in [1.54, 1.807) is 24.0 Å². The molecule has 0 saturated heterocycles. The highest BCUT2D eigenvalue weighted by Gasteiger charge is 2.20. The maximum atomic E-state index is 12.3. The summed E-state index contributed by atoms with van der Waals surface area (Å²) < 4.78 is 12.8. The van der Waals surface area contributed by atoms with E-state index >= 15 is 0 Å². The van der Waals surface area contributed by atoms with Crippen LogP contribution in [0.4, 0.5) is 0 Å². The summed E-state index contributed by atoms with van der Waals surface area (Å²) in [5.41, 5.74) is 3.55. The van der Waals surface area contributed by atoms with Crippen LogP contribution >= 0.6 is 0 Å². The van der Waals surface area contributed by atoms with Gasteiger partial charge < -0.3 is 9.47 Å². The van der Waals surface area contributed by atoms with Gasteiger partial charge in [-0.3, -0.25) is 4.68 Å². The van der Waals surface area contributed by atoms with Crippen LogP contribution in [0.1, 0.15) is 55.0 Å². The molecule has 0 amide bonds. The minimum absolute atomic E-state index is 0.257. The number of rotatable bonds is 7. The number of esters is 1. The lowest BCUT2D eigenvalue weighted by atomic mass is 10.1. The van der Waals surface area contributed by atoms with E-state index in [9.17, 15) is 4.79 Å². The van der Waals surface area contributed by atoms with Crippen molar-refractivity contribution in [2.75, 3.05) is 6.61 Å². The van der Waals surface area contributed by atoms with Crippen LogP contribution in [0.5, 0.6) is 0 Å². The Bertz CT molecular complexity index is 1000. The Morgan fingerprint density at radius 1 is 1.28 bits per heavy atom. The molecule has 3 heterocycles. The van der Waals surface area contributed by atoms with Gasteiger partial charge in [0.15, 0.2) is 5.65 Å². The Labute approximate surface area is 171 Å². The van der Waals surface area contributed by atoms with E-state index in [0.29, 0.717) is 24.4 Å². The molecule has 0 saturated carbocycles. The molecule has 29 heavy (non-hydrogen) atoms. The van der Waals surface area contributed by atoms with Gasteiger partial charge in [0.1, 0.15) is 11.3 Å². The smallest absolute Gasteiger partial charge is 0.341 e. The van der Waals surface area contributed by atoms with Gasteiger partial charge >= 0.3 is 5.97 Å². The zero-order valence-corrected chi connectivity index (χ0v) is 17.7. The Kier molecular flexibility index (Phi) is 6.27. The molecule has 0 unspecified atom stereocenters. The largest absolute Gasteiger partial charge is 0.462 e. The third kappa shape index (κ3) is 5.38. The second kappa shape index (κ2) is 8.69. The first-order valence-electron chi connectivity index (χ1n) is 9.85. The van der Waals surface area contributed by atoms with Crippen LogP contribution in [0, 0.1) is 6.92 Å². The number of carbonyl (C=O) groups is 1. The third-order valence-electron chi connectivity index (χ3n) is 4.47. The molecule has 7 heteroatoms. The molecule has 0 aliphatic heterocycles. The maximum Gasteiger partial charge on any atom is 0.341 e. The van der Waals surface area contributed by atoms with Crippen molar-refractivity contribution in [3.63, 3.8) is 0 Å². The lowest BCUT2D eigenvalue weighted by Crippen LogP contribution is -2.20. The molecule has 0 atom stereocenters. The average Bonchev–Trinajstić information content (AvgIpc) is 3.08. The van der Waals surface area contributed by atoms with Gasteiger partial charge in [0.05, 0.1) is 18.8 Å². The summed E-state index contributed by atoms with van der Waals surface area (Å²) in [6.45, 7) is 10.9. The van der Waals surface area contributed by atoms with Gasteiger partial charge in [0.2, 0.25) is 0 Å². The zero-order valence-electron chi connectivity index (χ0n) is 17.7. The summed E-state index contributed by atoms with van der Waals surface area (Å²) in [5, 5.41) is 5.60. The van der Waals surface area contributed by atoms with E-state index in [-0.39, 0.29) is 18.2 Å². The molecule has 7 nitrogen and oxygen atoms in total. The summed E-state index contributed by atoms with van der Waals surface area (Å²) in [6.07, 6.45) is 4.23. The average molecular weight is 396 g/mol. The van der Waals surface area contributed by atoms with Crippen LogP contribution in [0.2, 0.25) is 0 Å². The first-order chi connectivity index (χ1) is 13.8. The fraction of sp³-hybridized carbons (Fsp3) is 0.455. The monoisotopic (exact) mass is 396 g/mol. The zero-order chi connectivity index (χ0) is 21.0. The Morgan fingerprint density at radius 3 is 2.79 bits per heavy atom. The summed E-state index contributed by atoms with van der Waals surface area (Å²) in [5.74, 6) is -0.374. The molecule has 3 rings (SSSR count). The van der Waals surface area contributed by atoms with Crippen molar-refractivity contribution in [2.45, 2.75) is 59.8 Å². The molecule has 154 valence electrons. The summed E-state index contributed by atoms with van der Waals surface area (Å²) in [7, 11) is 0. The van der Waals surface area contributed by atoms with Crippen molar-refractivity contribution >= 4 is 17.0 Å². The van der Waals surface area contributed by atoms with Crippen LogP contribution < -0.4 is 0 Å². The topological polar surface area (TPSA) is 79.1 Å². The van der Waals surface area contributed by atoms with E-state index in [1.165, 1.54) is 0 Å². The number of ether oxygens (including phenoxy) is 2. The number of hydrogen-bond acceptors (Lipinski definition) is 6. The lowest BCUT2D eigenvalue weighted by Gasteiger charge is -2.18. The van der Waals surface area contributed by atoms with Crippen molar-refractivity contribution in [2.24, 2.45) is 0 Å². The molecule has 3 aromatic rings. The first-order valence-corrected chi connectivity index (χ1v) is 9.85. The van der Waals surface area contributed by atoms with Crippen LogP contribution in [-0.2, 0) is 29.0 Å². The summed E-state index contributed by atoms with van der Waals surface area (Å²) >= 11 is 0. The van der Waals surface area contributed by atoms with Crippen LogP contribution in [0.3, 0.4) is 0 Å². The van der Waals surface area contributed by atoms with Crippen molar-refractivity contribution in [3.05, 3.63) is 53.1 Å². The number of aryl methyl sites for hydroxylation is 3. The van der Waals surface area contributed by atoms with Gasteiger partial charge in [0, 0.05) is 30.0 Å². The van der Waals surface area contributed by atoms with Crippen molar-refractivity contribution in [3.8, 4) is 0 Å². The first kappa shape index (κ1) is 20.9. The van der Waals surface area contributed by atoms with E-state index in [1.807, 2.05) is 39.8 Å². The van der Waals surface area contributed by atoms with Crippen molar-refractivity contribution < 1.29 is 14.3 Å². The molecule has 0 radical (unpaired) electrons. The number of hydrogen-bond donors (Lipinski definition) is 0. The van der Waals surface area contributed by atoms with Gasteiger partial charge in [-0.15, -0.1) is 0 Å². The summed E-state index contributed by atoms with van der Waals surface area (Å²) in [4.78, 5) is 21.2. The Morgan fingerprint density at radius 2 is 2.07 bits per heavy atom. The highest BCUT2D eigenvalue weighted by molar-refractivity contribution is 5.90. The fourth-order valence-electron chi connectivity index (χ4n) is 2.97. The maximum absolute atomic E-state index is 12.3. The van der Waals surface area contributed by atoms with Crippen molar-refractivity contribution in [1.29, 1.82) is 0 Å². The fourth-order valence-corrected chi connectivity index (χ4v) is 2.97. The molecular formula is C22H28N4O3. The second-order valence-corrected chi connectivity index (χ2v) is 7.91. The molecule has 0 fully saturated rings. The Balaban J connectivity index is 1.79. The molecule has 0 aromatic carbocycles. The third-order valence-corrected chi connectivity index (χ3v) is 4.47. The minimum atomic E-state index is -0.374. The predicted octanol–water partition coefficient (Wildman–Crippen LogP) is 3.87. The van der Waals surface area contributed by atoms with Crippen LogP contribution in [-0.4, -0.2) is 37.9 Å². The second-order valence-electron chi connectivity index (χ2n) is 7.91. The van der Waals surface area contributed by atoms with Crippen LogP contribution in [0.25, 0.3) is 11.0 Å². The van der Waals surface area contributed by atoms with E-state index < -0.39 is 0 Å². The minimum Gasteiger partial charge on any atom is -0.462 e. The molecule has 0 bridgehead atoms. The van der Waals surface area contributed by atoms with E-state index in [0.717, 1.165) is 28.7 Å². The van der Waals surface area contributed by atoms with Gasteiger partial charge in [0.25, 0.3) is 0 Å². The number of nitrogens with zero attached hydrogens (tertiary/aromatic N) is 4. The molecular weight excluding hydrogens is 368 g/mol. The SMILES string of the molecule is CCOC(=O)c1cn(CCc2cc3cccnc3nc2C)nc1COC(C)(C)C. The number of pyridine rings is 2. The quantitative estimate of drug-likeness (QED) is 0.564.